The van der Waals surface area contributed by atoms with E-state index in [9.17, 15) is 9.18 Å². The molecular formula is C12H13FN4O2. The van der Waals surface area contributed by atoms with Crippen LogP contribution < -0.4 is 10.5 Å². The number of primary amides is 1. The first kappa shape index (κ1) is 13.0. The van der Waals surface area contributed by atoms with Crippen molar-refractivity contribution >= 4 is 5.91 Å². The Hall–Kier alpha value is -2.44. The standard InChI is InChI=1S/C12H13FN4O2/c1-2-5-19-9-6-7(3-4-8(9)13)10-11(12(14)18)16-17-15-10/h3-4,6H,2,5H2,1H3,(H2,14,18)(H,15,16,17). The second-order valence-electron chi connectivity index (χ2n) is 3.88. The topological polar surface area (TPSA) is 93.9 Å². The molecule has 0 spiro atoms. The van der Waals surface area contributed by atoms with Crippen LogP contribution >= 0.6 is 0 Å². The van der Waals surface area contributed by atoms with E-state index in [1.54, 1.807) is 0 Å². The normalized spacial score (nSPS) is 10.4. The van der Waals surface area contributed by atoms with Crippen LogP contribution in [0.25, 0.3) is 11.3 Å². The van der Waals surface area contributed by atoms with Gasteiger partial charge in [0.05, 0.1) is 6.61 Å². The molecule has 2 rings (SSSR count). The third-order valence-electron chi connectivity index (χ3n) is 2.45. The molecule has 19 heavy (non-hydrogen) atoms. The number of carbonyl (C=O) groups excluding carboxylic acids is 1. The summed E-state index contributed by atoms with van der Waals surface area (Å²) in [4.78, 5) is 11.2. The van der Waals surface area contributed by atoms with Crippen LogP contribution in [0, 0.1) is 5.82 Å². The molecule has 1 aromatic carbocycles. The number of ether oxygens (including phenoxy) is 1. The fraction of sp³-hybridized carbons (Fsp3) is 0.250. The number of aromatic nitrogens is 3. The molecule has 0 saturated heterocycles. The average molecular weight is 264 g/mol. The second-order valence-corrected chi connectivity index (χ2v) is 3.88. The third-order valence-corrected chi connectivity index (χ3v) is 2.45. The van der Waals surface area contributed by atoms with Gasteiger partial charge in [0.1, 0.15) is 5.69 Å². The summed E-state index contributed by atoms with van der Waals surface area (Å²) < 4.78 is 18.8. The first-order chi connectivity index (χ1) is 9.13. The number of H-pyrrole nitrogens is 1. The Morgan fingerprint density at radius 3 is 2.95 bits per heavy atom. The van der Waals surface area contributed by atoms with E-state index in [-0.39, 0.29) is 17.1 Å². The van der Waals surface area contributed by atoms with Crippen molar-refractivity contribution < 1.29 is 13.9 Å². The molecule has 6 nitrogen and oxygen atoms in total. The number of carbonyl (C=O) groups is 1. The van der Waals surface area contributed by atoms with Gasteiger partial charge >= 0.3 is 0 Å². The van der Waals surface area contributed by atoms with E-state index in [0.29, 0.717) is 12.2 Å². The highest BCUT2D eigenvalue weighted by Gasteiger charge is 2.16. The number of nitrogens with two attached hydrogens (primary N) is 1. The van der Waals surface area contributed by atoms with Gasteiger partial charge in [-0.3, -0.25) is 4.79 Å². The lowest BCUT2D eigenvalue weighted by Gasteiger charge is -2.07. The van der Waals surface area contributed by atoms with Crippen molar-refractivity contribution in [1.82, 2.24) is 15.4 Å². The van der Waals surface area contributed by atoms with Crippen LogP contribution in [-0.4, -0.2) is 27.9 Å². The molecule has 0 fully saturated rings. The molecular weight excluding hydrogens is 251 g/mol. The van der Waals surface area contributed by atoms with Crippen LogP contribution in [0.15, 0.2) is 18.2 Å². The molecule has 3 N–H and O–H groups in total. The highest BCUT2D eigenvalue weighted by Crippen LogP contribution is 2.26. The van der Waals surface area contributed by atoms with Crippen molar-refractivity contribution in [2.45, 2.75) is 13.3 Å². The molecule has 1 amide bonds. The highest BCUT2D eigenvalue weighted by atomic mass is 19.1. The summed E-state index contributed by atoms with van der Waals surface area (Å²) in [6.45, 7) is 2.33. The molecule has 0 bridgehead atoms. The van der Waals surface area contributed by atoms with Crippen LogP contribution in [0.1, 0.15) is 23.8 Å². The predicted octanol–water partition coefficient (Wildman–Crippen LogP) is 1.50. The Morgan fingerprint density at radius 1 is 1.47 bits per heavy atom. The first-order valence-electron chi connectivity index (χ1n) is 5.76. The van der Waals surface area contributed by atoms with Crippen molar-refractivity contribution in [3.63, 3.8) is 0 Å². The number of rotatable bonds is 5. The van der Waals surface area contributed by atoms with E-state index in [1.807, 2.05) is 6.92 Å². The van der Waals surface area contributed by atoms with Gasteiger partial charge in [0.25, 0.3) is 5.91 Å². The maximum absolute atomic E-state index is 13.5. The Balaban J connectivity index is 2.39. The SMILES string of the molecule is CCCOc1cc(-c2n[nH]nc2C(N)=O)ccc1F. The van der Waals surface area contributed by atoms with E-state index < -0.39 is 11.7 Å². The number of benzene rings is 1. The van der Waals surface area contributed by atoms with Gasteiger partial charge in [-0.05, 0) is 24.6 Å². The maximum Gasteiger partial charge on any atom is 0.271 e. The van der Waals surface area contributed by atoms with Gasteiger partial charge in [-0.1, -0.05) is 6.92 Å². The summed E-state index contributed by atoms with van der Waals surface area (Å²) in [5.41, 5.74) is 5.97. The second kappa shape index (κ2) is 5.47. The van der Waals surface area contributed by atoms with Gasteiger partial charge in [0.2, 0.25) is 0 Å². The van der Waals surface area contributed by atoms with Gasteiger partial charge in [0.15, 0.2) is 17.3 Å². The number of halogens is 1. The van der Waals surface area contributed by atoms with E-state index in [0.717, 1.165) is 6.42 Å². The third kappa shape index (κ3) is 2.70. The Morgan fingerprint density at radius 2 is 2.26 bits per heavy atom. The Bertz CT molecular complexity index is 597. The summed E-state index contributed by atoms with van der Waals surface area (Å²) in [5, 5.41) is 9.82. The molecule has 1 heterocycles. The molecule has 100 valence electrons. The van der Waals surface area contributed by atoms with Crippen molar-refractivity contribution in [2.75, 3.05) is 6.61 Å². The summed E-state index contributed by atoms with van der Waals surface area (Å²) in [6, 6.07) is 4.20. The minimum atomic E-state index is -0.705. The zero-order chi connectivity index (χ0) is 13.8. The maximum atomic E-state index is 13.5. The van der Waals surface area contributed by atoms with Crippen LogP contribution in [0.2, 0.25) is 0 Å². The monoisotopic (exact) mass is 264 g/mol. The number of hydrogen-bond donors (Lipinski definition) is 2. The summed E-state index contributed by atoms with van der Waals surface area (Å²) in [5.74, 6) is -1.07. The Labute approximate surface area is 108 Å². The fourth-order valence-corrected chi connectivity index (χ4v) is 1.58. The highest BCUT2D eigenvalue weighted by molar-refractivity contribution is 5.96. The zero-order valence-electron chi connectivity index (χ0n) is 10.3. The molecule has 0 radical (unpaired) electrons. The van der Waals surface area contributed by atoms with Crippen molar-refractivity contribution in [1.29, 1.82) is 0 Å². The zero-order valence-corrected chi connectivity index (χ0v) is 10.3. The number of nitrogens with one attached hydrogen (secondary N) is 1. The smallest absolute Gasteiger partial charge is 0.271 e. The molecule has 0 atom stereocenters. The van der Waals surface area contributed by atoms with Gasteiger partial charge in [-0.25, -0.2) is 4.39 Å². The summed E-state index contributed by atoms with van der Waals surface area (Å²) >= 11 is 0. The predicted molar refractivity (Wildman–Crippen MR) is 66.1 cm³/mol. The quantitative estimate of drug-likeness (QED) is 0.855. The van der Waals surface area contributed by atoms with Crippen molar-refractivity contribution in [3.8, 4) is 17.0 Å². The van der Waals surface area contributed by atoms with Crippen molar-refractivity contribution in [3.05, 3.63) is 29.7 Å². The van der Waals surface area contributed by atoms with Gasteiger partial charge in [0, 0.05) is 5.56 Å². The first-order valence-corrected chi connectivity index (χ1v) is 5.76. The van der Waals surface area contributed by atoms with Crippen LogP contribution in [0.4, 0.5) is 4.39 Å². The minimum Gasteiger partial charge on any atom is -0.491 e. The van der Waals surface area contributed by atoms with E-state index in [2.05, 4.69) is 15.4 Å². The minimum absolute atomic E-state index is 0.00745. The number of hydrogen-bond acceptors (Lipinski definition) is 4. The molecule has 0 saturated carbocycles. The molecule has 2 aromatic rings. The lowest BCUT2D eigenvalue weighted by molar-refractivity contribution is 0.0996. The van der Waals surface area contributed by atoms with Crippen LogP contribution in [0.5, 0.6) is 5.75 Å². The molecule has 0 aliphatic carbocycles. The number of nitrogens with zero attached hydrogens (tertiary/aromatic N) is 2. The molecule has 0 aliphatic rings. The summed E-state index contributed by atoms with van der Waals surface area (Å²) in [6.07, 6.45) is 0.764. The lowest BCUT2D eigenvalue weighted by atomic mass is 10.1. The Kier molecular flexibility index (Phi) is 3.74. The lowest BCUT2D eigenvalue weighted by Crippen LogP contribution is -2.12. The van der Waals surface area contributed by atoms with Gasteiger partial charge < -0.3 is 10.5 Å². The molecule has 0 aliphatic heterocycles. The number of aromatic amines is 1. The summed E-state index contributed by atoms with van der Waals surface area (Å²) in [7, 11) is 0. The number of amides is 1. The average Bonchev–Trinajstić information content (AvgIpc) is 2.87. The molecule has 0 unspecified atom stereocenters. The van der Waals surface area contributed by atoms with Gasteiger partial charge in [-0.15, -0.1) is 0 Å². The van der Waals surface area contributed by atoms with E-state index >= 15 is 0 Å². The van der Waals surface area contributed by atoms with Gasteiger partial charge in [-0.2, -0.15) is 15.4 Å². The largest absolute Gasteiger partial charge is 0.491 e. The van der Waals surface area contributed by atoms with E-state index in [4.69, 9.17) is 10.5 Å². The molecule has 7 heteroatoms. The van der Waals surface area contributed by atoms with Crippen molar-refractivity contribution in [2.24, 2.45) is 5.73 Å². The fourth-order valence-electron chi connectivity index (χ4n) is 1.58. The van der Waals surface area contributed by atoms with E-state index in [1.165, 1.54) is 18.2 Å². The van der Waals surface area contributed by atoms with Crippen LogP contribution in [0.3, 0.4) is 0 Å². The van der Waals surface area contributed by atoms with Crippen LogP contribution in [-0.2, 0) is 0 Å². The molecule has 1 aromatic heterocycles.